The number of para-hydroxylation sites is 1. The third-order valence-electron chi connectivity index (χ3n) is 5.38. The molecule has 5 rings (SSSR count). The van der Waals surface area contributed by atoms with E-state index in [0.29, 0.717) is 11.5 Å². The predicted molar refractivity (Wildman–Crippen MR) is 111 cm³/mol. The van der Waals surface area contributed by atoms with E-state index in [1.54, 1.807) is 14.2 Å². The maximum Gasteiger partial charge on any atom is 0.195 e. The SMILES string of the molecule is COc1ccc(C2=C[C@@H]3c4ccccc4O[C@@H](c4ccccc4)N3N2)cc1OC. The summed E-state index contributed by atoms with van der Waals surface area (Å²) in [7, 11) is 3.29. The van der Waals surface area contributed by atoms with E-state index >= 15 is 0 Å². The fourth-order valence-corrected chi connectivity index (χ4v) is 3.95. The first-order valence-electron chi connectivity index (χ1n) is 9.58. The molecule has 0 fully saturated rings. The molecule has 1 N–H and O–H groups in total. The summed E-state index contributed by atoms with van der Waals surface area (Å²) in [5.74, 6) is 2.33. The lowest BCUT2D eigenvalue weighted by atomic mass is 10.0. The maximum absolute atomic E-state index is 6.38. The Balaban J connectivity index is 1.56. The minimum atomic E-state index is -0.231. The van der Waals surface area contributed by atoms with Crippen LogP contribution in [0.15, 0.2) is 78.9 Å². The number of hydrogen-bond donors (Lipinski definition) is 1. The van der Waals surface area contributed by atoms with Gasteiger partial charge in [0.25, 0.3) is 0 Å². The fourth-order valence-electron chi connectivity index (χ4n) is 3.95. The fraction of sp³-hybridized carbons (Fsp3) is 0.167. The van der Waals surface area contributed by atoms with Crippen molar-refractivity contribution in [2.45, 2.75) is 12.3 Å². The Morgan fingerprint density at radius 3 is 2.41 bits per heavy atom. The highest BCUT2D eigenvalue weighted by Gasteiger charge is 2.40. The molecule has 29 heavy (non-hydrogen) atoms. The minimum absolute atomic E-state index is 0.0632. The third-order valence-corrected chi connectivity index (χ3v) is 5.38. The van der Waals surface area contributed by atoms with Gasteiger partial charge in [0, 0.05) is 16.7 Å². The minimum Gasteiger partial charge on any atom is -0.493 e. The molecule has 0 unspecified atom stereocenters. The monoisotopic (exact) mass is 386 g/mol. The average Bonchev–Trinajstić information content (AvgIpc) is 3.24. The highest BCUT2D eigenvalue weighted by atomic mass is 16.5. The second-order valence-electron chi connectivity index (χ2n) is 7.03. The Bertz CT molecular complexity index is 1060. The quantitative estimate of drug-likeness (QED) is 0.704. The molecule has 0 aliphatic carbocycles. The van der Waals surface area contributed by atoms with Crippen molar-refractivity contribution in [3.05, 3.63) is 95.6 Å². The molecule has 2 atom stereocenters. The smallest absolute Gasteiger partial charge is 0.195 e. The van der Waals surface area contributed by atoms with Crippen LogP contribution in [0.3, 0.4) is 0 Å². The van der Waals surface area contributed by atoms with E-state index in [-0.39, 0.29) is 12.3 Å². The number of rotatable bonds is 4. The van der Waals surface area contributed by atoms with Gasteiger partial charge in [0.2, 0.25) is 0 Å². The molecule has 5 nitrogen and oxygen atoms in total. The lowest BCUT2D eigenvalue weighted by Crippen LogP contribution is -2.43. The van der Waals surface area contributed by atoms with Crippen LogP contribution in [0.1, 0.15) is 29.0 Å². The third kappa shape index (κ3) is 3.00. The van der Waals surface area contributed by atoms with E-state index in [2.05, 4.69) is 34.7 Å². The van der Waals surface area contributed by atoms with Gasteiger partial charge in [0.15, 0.2) is 17.7 Å². The van der Waals surface area contributed by atoms with Crippen molar-refractivity contribution < 1.29 is 14.2 Å². The van der Waals surface area contributed by atoms with Crippen LogP contribution in [-0.2, 0) is 0 Å². The number of nitrogens with one attached hydrogen (secondary N) is 1. The number of benzene rings is 3. The van der Waals surface area contributed by atoms with Crippen molar-refractivity contribution in [1.82, 2.24) is 10.4 Å². The predicted octanol–water partition coefficient (Wildman–Crippen LogP) is 4.70. The summed E-state index contributed by atoms with van der Waals surface area (Å²) in [5.41, 5.74) is 7.84. The van der Waals surface area contributed by atoms with Gasteiger partial charge in [-0.05, 0) is 30.3 Å². The molecule has 3 aromatic carbocycles. The summed E-state index contributed by atoms with van der Waals surface area (Å²) in [6.45, 7) is 0. The van der Waals surface area contributed by atoms with Crippen LogP contribution >= 0.6 is 0 Å². The van der Waals surface area contributed by atoms with Crippen molar-refractivity contribution in [3.8, 4) is 17.2 Å². The van der Waals surface area contributed by atoms with E-state index in [4.69, 9.17) is 14.2 Å². The maximum atomic E-state index is 6.38. The molecule has 5 heteroatoms. The Labute approximate surface area is 170 Å². The highest BCUT2D eigenvalue weighted by Crippen LogP contribution is 2.46. The van der Waals surface area contributed by atoms with E-state index in [0.717, 1.165) is 28.1 Å². The van der Waals surface area contributed by atoms with E-state index in [9.17, 15) is 0 Å². The molecule has 2 heterocycles. The second kappa shape index (κ2) is 7.18. The van der Waals surface area contributed by atoms with Crippen LogP contribution in [0.25, 0.3) is 5.70 Å². The Morgan fingerprint density at radius 1 is 0.862 bits per heavy atom. The highest BCUT2D eigenvalue weighted by molar-refractivity contribution is 5.69. The molecule has 2 aliphatic heterocycles. The first-order chi connectivity index (χ1) is 14.3. The lowest BCUT2D eigenvalue weighted by Gasteiger charge is -2.38. The van der Waals surface area contributed by atoms with Gasteiger partial charge in [-0.3, -0.25) is 0 Å². The van der Waals surface area contributed by atoms with Crippen LogP contribution in [-0.4, -0.2) is 19.2 Å². The number of nitrogens with zero attached hydrogens (tertiary/aromatic N) is 1. The average molecular weight is 386 g/mol. The molecule has 0 saturated carbocycles. The zero-order chi connectivity index (χ0) is 19.8. The molecule has 146 valence electrons. The first-order valence-corrected chi connectivity index (χ1v) is 9.58. The summed E-state index contributed by atoms with van der Waals surface area (Å²) in [6, 6.07) is 24.5. The van der Waals surface area contributed by atoms with Gasteiger partial charge in [-0.15, -0.1) is 0 Å². The Morgan fingerprint density at radius 2 is 1.62 bits per heavy atom. The van der Waals surface area contributed by atoms with Gasteiger partial charge in [0.05, 0.1) is 26.0 Å². The van der Waals surface area contributed by atoms with Crippen LogP contribution in [0, 0.1) is 0 Å². The summed E-state index contributed by atoms with van der Waals surface area (Å²) >= 11 is 0. The van der Waals surface area contributed by atoms with Crippen LogP contribution in [0.2, 0.25) is 0 Å². The second-order valence-corrected chi connectivity index (χ2v) is 7.03. The molecule has 0 radical (unpaired) electrons. The van der Waals surface area contributed by atoms with Gasteiger partial charge in [-0.2, -0.15) is 5.01 Å². The van der Waals surface area contributed by atoms with Gasteiger partial charge in [0.1, 0.15) is 5.75 Å². The summed E-state index contributed by atoms with van der Waals surface area (Å²) < 4.78 is 17.2. The first kappa shape index (κ1) is 17.6. The van der Waals surface area contributed by atoms with Crippen molar-refractivity contribution in [2.75, 3.05) is 14.2 Å². The van der Waals surface area contributed by atoms with Crippen LogP contribution < -0.4 is 19.6 Å². The number of ether oxygens (including phenoxy) is 3. The molecule has 0 spiro atoms. The van der Waals surface area contributed by atoms with E-state index in [1.807, 2.05) is 54.6 Å². The lowest BCUT2D eigenvalue weighted by molar-refractivity contribution is -0.0326. The molecule has 3 aromatic rings. The van der Waals surface area contributed by atoms with Crippen molar-refractivity contribution >= 4 is 5.70 Å². The topological polar surface area (TPSA) is 43.0 Å². The van der Waals surface area contributed by atoms with Gasteiger partial charge < -0.3 is 19.6 Å². The molecule has 0 saturated heterocycles. The normalized spacial score (nSPS) is 20.0. The summed E-state index contributed by atoms with van der Waals surface area (Å²) in [4.78, 5) is 0. The van der Waals surface area contributed by atoms with E-state index < -0.39 is 0 Å². The van der Waals surface area contributed by atoms with Gasteiger partial charge in [-0.1, -0.05) is 48.5 Å². The Hall–Kier alpha value is -3.44. The van der Waals surface area contributed by atoms with Gasteiger partial charge >= 0.3 is 0 Å². The standard InChI is InChI=1S/C24H22N2O3/c1-27-22-13-12-17(14-23(22)28-2)19-15-20-18-10-6-7-11-21(18)29-24(26(20)25-19)16-8-4-3-5-9-16/h3-15,20,24-25H,1-2H3/t20-,24+/m1/s1. The van der Waals surface area contributed by atoms with Crippen LogP contribution in [0.4, 0.5) is 0 Å². The largest absolute Gasteiger partial charge is 0.493 e. The zero-order valence-corrected chi connectivity index (χ0v) is 16.3. The molecular weight excluding hydrogens is 364 g/mol. The Kier molecular flexibility index (Phi) is 4.37. The number of methoxy groups -OCH3 is 2. The number of hydrazine groups is 1. The van der Waals surface area contributed by atoms with E-state index in [1.165, 1.54) is 0 Å². The van der Waals surface area contributed by atoms with Crippen molar-refractivity contribution in [3.63, 3.8) is 0 Å². The van der Waals surface area contributed by atoms with Gasteiger partial charge in [-0.25, -0.2) is 0 Å². The van der Waals surface area contributed by atoms with Crippen molar-refractivity contribution in [1.29, 1.82) is 0 Å². The van der Waals surface area contributed by atoms with Crippen LogP contribution in [0.5, 0.6) is 17.2 Å². The molecule has 2 aliphatic rings. The number of hydrogen-bond acceptors (Lipinski definition) is 5. The molecular formula is C24H22N2O3. The summed E-state index contributed by atoms with van der Waals surface area (Å²) in [6.07, 6.45) is 2.00. The number of fused-ring (bicyclic) bond motifs is 3. The molecule has 0 amide bonds. The zero-order valence-electron chi connectivity index (χ0n) is 16.3. The molecule has 0 bridgehead atoms. The summed E-state index contributed by atoms with van der Waals surface area (Å²) in [5, 5.41) is 2.16. The molecule has 0 aromatic heterocycles. The van der Waals surface area contributed by atoms with Crippen molar-refractivity contribution in [2.24, 2.45) is 0 Å².